The standard InChI is InChI=1S/C15H12F3N3O2/c16-11-3-1-8(5-10(11)15(19)23)20-7-14(22)21-9-2-4-12(17)13(18)6-9/h1-6,20H,7H2,(H2,19,23)(H,21,22). The van der Waals surface area contributed by atoms with Gasteiger partial charge in [-0.1, -0.05) is 0 Å². The average molecular weight is 323 g/mol. The molecule has 0 aromatic heterocycles. The van der Waals surface area contributed by atoms with Gasteiger partial charge in [-0.3, -0.25) is 9.59 Å². The van der Waals surface area contributed by atoms with Gasteiger partial charge in [0, 0.05) is 17.4 Å². The number of benzene rings is 2. The molecule has 0 saturated carbocycles. The van der Waals surface area contributed by atoms with Gasteiger partial charge in [0.25, 0.3) is 5.91 Å². The maximum atomic E-state index is 13.3. The van der Waals surface area contributed by atoms with E-state index in [1.807, 2.05) is 0 Å². The highest BCUT2D eigenvalue weighted by Crippen LogP contribution is 2.15. The van der Waals surface area contributed by atoms with Crippen molar-refractivity contribution in [1.82, 2.24) is 0 Å². The number of carbonyl (C=O) groups excluding carboxylic acids is 2. The Kier molecular flexibility index (Phi) is 4.85. The van der Waals surface area contributed by atoms with Crippen LogP contribution in [0.1, 0.15) is 10.4 Å². The Morgan fingerprint density at radius 1 is 0.913 bits per heavy atom. The van der Waals surface area contributed by atoms with Crippen LogP contribution in [-0.2, 0) is 4.79 Å². The quantitative estimate of drug-likeness (QED) is 0.789. The molecule has 0 fully saturated rings. The van der Waals surface area contributed by atoms with Crippen molar-refractivity contribution in [3.05, 3.63) is 59.4 Å². The Balaban J connectivity index is 1.97. The molecule has 2 amide bonds. The van der Waals surface area contributed by atoms with Crippen molar-refractivity contribution in [2.24, 2.45) is 5.73 Å². The minimum atomic E-state index is -1.08. The van der Waals surface area contributed by atoms with Crippen molar-refractivity contribution < 1.29 is 22.8 Å². The predicted molar refractivity (Wildman–Crippen MR) is 78.4 cm³/mol. The van der Waals surface area contributed by atoms with Crippen LogP contribution in [0.3, 0.4) is 0 Å². The van der Waals surface area contributed by atoms with Gasteiger partial charge in [0.05, 0.1) is 12.1 Å². The van der Waals surface area contributed by atoms with E-state index in [1.165, 1.54) is 18.2 Å². The van der Waals surface area contributed by atoms with Gasteiger partial charge < -0.3 is 16.4 Å². The number of carbonyl (C=O) groups is 2. The van der Waals surface area contributed by atoms with E-state index >= 15 is 0 Å². The van der Waals surface area contributed by atoms with Crippen molar-refractivity contribution in [2.75, 3.05) is 17.2 Å². The summed E-state index contributed by atoms with van der Waals surface area (Å²) in [5.41, 5.74) is 5.10. The first-order chi connectivity index (χ1) is 10.9. The molecule has 0 unspecified atom stereocenters. The number of anilines is 2. The summed E-state index contributed by atoms with van der Waals surface area (Å²) in [6.45, 7) is -0.233. The number of amides is 2. The molecular weight excluding hydrogens is 311 g/mol. The summed E-state index contributed by atoms with van der Waals surface area (Å²) in [6, 6.07) is 6.47. The fourth-order valence-electron chi connectivity index (χ4n) is 1.79. The van der Waals surface area contributed by atoms with Gasteiger partial charge in [0.2, 0.25) is 5.91 Å². The third-order valence-electron chi connectivity index (χ3n) is 2.89. The molecule has 0 aliphatic heterocycles. The van der Waals surface area contributed by atoms with Gasteiger partial charge in [-0.05, 0) is 30.3 Å². The molecule has 0 radical (unpaired) electrons. The Morgan fingerprint density at radius 2 is 1.57 bits per heavy atom. The van der Waals surface area contributed by atoms with Crippen LogP contribution in [0.25, 0.3) is 0 Å². The molecule has 0 spiro atoms. The Hall–Kier alpha value is -3.03. The van der Waals surface area contributed by atoms with E-state index in [2.05, 4.69) is 10.6 Å². The van der Waals surface area contributed by atoms with E-state index in [4.69, 9.17) is 5.73 Å². The van der Waals surface area contributed by atoms with Crippen LogP contribution in [0.15, 0.2) is 36.4 Å². The first-order valence-corrected chi connectivity index (χ1v) is 6.45. The van der Waals surface area contributed by atoms with E-state index in [-0.39, 0.29) is 17.8 Å². The second-order valence-electron chi connectivity index (χ2n) is 4.59. The molecule has 0 heterocycles. The predicted octanol–water partition coefficient (Wildman–Crippen LogP) is 2.25. The SMILES string of the molecule is NC(=O)c1cc(NCC(=O)Nc2ccc(F)c(F)c2)ccc1F. The fraction of sp³-hybridized carbons (Fsp3) is 0.0667. The average Bonchev–Trinajstić information content (AvgIpc) is 2.50. The third kappa shape index (κ3) is 4.22. The molecule has 0 aliphatic rings. The van der Waals surface area contributed by atoms with Crippen LogP contribution in [0, 0.1) is 17.5 Å². The maximum Gasteiger partial charge on any atom is 0.251 e. The number of halogens is 3. The topological polar surface area (TPSA) is 84.2 Å². The fourth-order valence-corrected chi connectivity index (χ4v) is 1.79. The zero-order valence-electron chi connectivity index (χ0n) is 11.7. The third-order valence-corrected chi connectivity index (χ3v) is 2.89. The first-order valence-electron chi connectivity index (χ1n) is 6.45. The molecule has 0 bridgehead atoms. The van der Waals surface area contributed by atoms with Crippen molar-refractivity contribution >= 4 is 23.2 Å². The highest BCUT2D eigenvalue weighted by Gasteiger charge is 2.10. The van der Waals surface area contributed by atoms with Gasteiger partial charge in [-0.25, -0.2) is 13.2 Å². The number of primary amides is 1. The second-order valence-corrected chi connectivity index (χ2v) is 4.59. The molecule has 2 aromatic carbocycles. The van der Waals surface area contributed by atoms with Crippen LogP contribution in [0.4, 0.5) is 24.5 Å². The van der Waals surface area contributed by atoms with Crippen molar-refractivity contribution in [2.45, 2.75) is 0 Å². The summed E-state index contributed by atoms with van der Waals surface area (Å²) < 4.78 is 39.1. The molecule has 8 heteroatoms. The second kappa shape index (κ2) is 6.82. The molecule has 4 N–H and O–H groups in total. The van der Waals surface area contributed by atoms with Crippen molar-refractivity contribution in [3.8, 4) is 0 Å². The highest BCUT2D eigenvalue weighted by molar-refractivity contribution is 5.95. The minimum absolute atomic E-state index is 0.0904. The summed E-state index contributed by atoms with van der Waals surface area (Å²) in [4.78, 5) is 22.7. The molecular formula is C15H12F3N3O2. The van der Waals surface area contributed by atoms with Crippen LogP contribution in [0.5, 0.6) is 0 Å². The largest absolute Gasteiger partial charge is 0.376 e. The first kappa shape index (κ1) is 16.3. The van der Waals surface area contributed by atoms with Gasteiger partial charge in [0.1, 0.15) is 5.82 Å². The van der Waals surface area contributed by atoms with Gasteiger partial charge in [0.15, 0.2) is 11.6 Å². The van der Waals surface area contributed by atoms with E-state index in [1.54, 1.807) is 0 Å². The number of hydrogen-bond acceptors (Lipinski definition) is 3. The zero-order chi connectivity index (χ0) is 17.0. The van der Waals surface area contributed by atoms with Crippen molar-refractivity contribution in [1.29, 1.82) is 0 Å². The lowest BCUT2D eigenvalue weighted by Gasteiger charge is -2.09. The van der Waals surface area contributed by atoms with E-state index in [9.17, 15) is 22.8 Å². The molecule has 0 aliphatic carbocycles. The number of hydrogen-bond donors (Lipinski definition) is 3. The normalized spacial score (nSPS) is 10.2. The van der Waals surface area contributed by atoms with E-state index in [0.29, 0.717) is 5.69 Å². The number of nitrogens with one attached hydrogen (secondary N) is 2. The Morgan fingerprint density at radius 3 is 2.22 bits per heavy atom. The molecule has 120 valence electrons. The summed E-state index contributed by atoms with van der Waals surface area (Å²) in [5, 5.41) is 5.01. The molecule has 23 heavy (non-hydrogen) atoms. The van der Waals surface area contributed by atoms with Crippen molar-refractivity contribution in [3.63, 3.8) is 0 Å². The van der Waals surface area contributed by atoms with Crippen LogP contribution in [-0.4, -0.2) is 18.4 Å². The Labute approximate surface area is 129 Å². The molecule has 2 rings (SSSR count). The van der Waals surface area contributed by atoms with Gasteiger partial charge in [-0.15, -0.1) is 0 Å². The van der Waals surface area contributed by atoms with Crippen LogP contribution >= 0.6 is 0 Å². The minimum Gasteiger partial charge on any atom is -0.376 e. The zero-order valence-corrected chi connectivity index (χ0v) is 11.7. The monoisotopic (exact) mass is 323 g/mol. The molecule has 5 nitrogen and oxygen atoms in total. The highest BCUT2D eigenvalue weighted by atomic mass is 19.2. The van der Waals surface area contributed by atoms with Crippen LogP contribution in [0.2, 0.25) is 0 Å². The van der Waals surface area contributed by atoms with Crippen LogP contribution < -0.4 is 16.4 Å². The Bertz CT molecular complexity index is 766. The summed E-state index contributed by atoms with van der Waals surface area (Å²) in [5.74, 6) is -4.35. The molecule has 2 aromatic rings. The van der Waals surface area contributed by atoms with E-state index < -0.39 is 29.3 Å². The maximum absolute atomic E-state index is 13.3. The smallest absolute Gasteiger partial charge is 0.251 e. The lowest BCUT2D eigenvalue weighted by Crippen LogP contribution is -2.22. The van der Waals surface area contributed by atoms with Gasteiger partial charge in [-0.2, -0.15) is 0 Å². The summed E-state index contributed by atoms with van der Waals surface area (Å²) >= 11 is 0. The lowest BCUT2D eigenvalue weighted by molar-refractivity contribution is -0.114. The summed E-state index contributed by atoms with van der Waals surface area (Å²) in [6.07, 6.45) is 0. The summed E-state index contributed by atoms with van der Waals surface area (Å²) in [7, 11) is 0. The van der Waals surface area contributed by atoms with Gasteiger partial charge >= 0.3 is 0 Å². The lowest BCUT2D eigenvalue weighted by atomic mass is 10.2. The number of nitrogens with two attached hydrogens (primary N) is 1. The number of rotatable bonds is 5. The molecule has 0 saturated heterocycles. The van der Waals surface area contributed by atoms with E-state index in [0.717, 1.165) is 18.2 Å². The molecule has 0 atom stereocenters.